The molecule has 2 heterocycles. The fourth-order valence-electron chi connectivity index (χ4n) is 2.55. The van der Waals surface area contributed by atoms with Gasteiger partial charge >= 0.3 is 0 Å². The molecule has 0 bridgehead atoms. The van der Waals surface area contributed by atoms with Crippen LogP contribution in [0.5, 0.6) is 0 Å². The molecule has 1 amide bonds. The van der Waals surface area contributed by atoms with E-state index in [9.17, 15) is 4.79 Å². The molecule has 0 unspecified atom stereocenters. The molecule has 0 saturated heterocycles. The molecule has 5 nitrogen and oxygen atoms in total. The van der Waals surface area contributed by atoms with Gasteiger partial charge in [0.2, 0.25) is 5.90 Å². The molecular formula is C18H14N2O3. The average Bonchev–Trinajstić information content (AvgIpc) is 3.25. The van der Waals surface area contributed by atoms with Crippen LogP contribution in [0.4, 0.5) is 5.69 Å². The number of ether oxygens (including phenoxy) is 1. The highest BCUT2D eigenvalue weighted by atomic mass is 16.5. The number of amides is 1. The number of hydrogen-bond donors (Lipinski definition) is 1. The van der Waals surface area contributed by atoms with Gasteiger partial charge in [-0.1, -0.05) is 30.3 Å². The molecule has 0 fully saturated rings. The Morgan fingerprint density at radius 1 is 1.09 bits per heavy atom. The smallest absolute Gasteiger partial charge is 0.291 e. The summed E-state index contributed by atoms with van der Waals surface area (Å²) in [5.41, 5.74) is 2.11. The lowest BCUT2D eigenvalue weighted by Gasteiger charge is -2.09. The summed E-state index contributed by atoms with van der Waals surface area (Å²) in [6.45, 7) is 1.21. The second kappa shape index (κ2) is 5.61. The molecule has 1 aromatic heterocycles. The van der Waals surface area contributed by atoms with Crippen LogP contribution in [0.25, 0.3) is 11.0 Å². The van der Waals surface area contributed by atoms with Gasteiger partial charge in [0.25, 0.3) is 5.91 Å². The molecule has 1 aliphatic heterocycles. The third-order valence-corrected chi connectivity index (χ3v) is 3.64. The van der Waals surface area contributed by atoms with Crippen LogP contribution >= 0.6 is 0 Å². The Kier molecular flexibility index (Phi) is 3.31. The lowest BCUT2D eigenvalue weighted by molar-refractivity contribution is 0.0998. The normalized spacial score (nSPS) is 13.7. The van der Waals surface area contributed by atoms with Crippen molar-refractivity contribution < 1.29 is 13.9 Å². The topological polar surface area (TPSA) is 63.8 Å². The summed E-state index contributed by atoms with van der Waals surface area (Å²) in [5, 5.41) is 3.77. The number of nitrogens with zero attached hydrogens (tertiary/aromatic N) is 1. The predicted octanol–water partition coefficient (Wildman–Crippen LogP) is 3.46. The molecule has 0 saturated carbocycles. The number of rotatable bonds is 3. The molecule has 3 aromatic rings. The molecule has 5 heteroatoms. The maximum atomic E-state index is 12.5. The van der Waals surface area contributed by atoms with Crippen molar-refractivity contribution in [1.29, 1.82) is 0 Å². The summed E-state index contributed by atoms with van der Waals surface area (Å²) in [7, 11) is 0. The number of carbonyl (C=O) groups is 1. The molecule has 0 radical (unpaired) electrons. The number of furan rings is 1. The summed E-state index contributed by atoms with van der Waals surface area (Å²) in [5.74, 6) is 0.535. The number of nitrogens with one attached hydrogen (secondary N) is 1. The summed E-state index contributed by atoms with van der Waals surface area (Å²) >= 11 is 0. The lowest BCUT2D eigenvalue weighted by Crippen LogP contribution is -2.14. The molecule has 2 aromatic carbocycles. The standard InChI is InChI=1S/C18H14N2O3/c21-17(16-11-12-5-1-4-8-15(12)23-16)20-14-7-3-2-6-13(14)18-19-9-10-22-18/h1-8,11H,9-10H2,(H,20,21). The van der Waals surface area contributed by atoms with Crippen molar-refractivity contribution in [3.05, 3.63) is 65.9 Å². The first kappa shape index (κ1) is 13.6. The largest absolute Gasteiger partial charge is 0.475 e. The zero-order chi connectivity index (χ0) is 15.6. The molecule has 1 aliphatic rings. The van der Waals surface area contributed by atoms with Gasteiger partial charge in [-0.15, -0.1) is 0 Å². The quantitative estimate of drug-likeness (QED) is 0.806. The first-order valence-electron chi connectivity index (χ1n) is 7.38. The van der Waals surface area contributed by atoms with Crippen molar-refractivity contribution in [2.45, 2.75) is 0 Å². The van der Waals surface area contributed by atoms with E-state index in [-0.39, 0.29) is 11.7 Å². The summed E-state index contributed by atoms with van der Waals surface area (Å²) in [4.78, 5) is 16.8. The highest BCUT2D eigenvalue weighted by Gasteiger charge is 2.18. The van der Waals surface area contributed by atoms with Crippen LogP contribution < -0.4 is 5.32 Å². The van der Waals surface area contributed by atoms with E-state index in [0.717, 1.165) is 10.9 Å². The molecule has 0 atom stereocenters. The van der Waals surface area contributed by atoms with Gasteiger partial charge in [0.05, 0.1) is 17.8 Å². The van der Waals surface area contributed by atoms with Crippen molar-refractivity contribution in [1.82, 2.24) is 0 Å². The van der Waals surface area contributed by atoms with Gasteiger partial charge < -0.3 is 14.5 Å². The Hall–Kier alpha value is -3.08. The monoisotopic (exact) mass is 306 g/mol. The predicted molar refractivity (Wildman–Crippen MR) is 88.0 cm³/mol. The Bertz CT molecular complexity index is 878. The molecule has 1 N–H and O–H groups in total. The van der Waals surface area contributed by atoms with Crippen LogP contribution in [0, 0.1) is 0 Å². The van der Waals surface area contributed by atoms with Crippen LogP contribution in [0.15, 0.2) is 64.0 Å². The minimum absolute atomic E-state index is 0.273. The number of hydrogen-bond acceptors (Lipinski definition) is 4. The van der Waals surface area contributed by atoms with E-state index in [1.54, 1.807) is 6.07 Å². The molecule has 114 valence electrons. The average molecular weight is 306 g/mol. The van der Waals surface area contributed by atoms with E-state index in [4.69, 9.17) is 9.15 Å². The Morgan fingerprint density at radius 2 is 1.91 bits per heavy atom. The summed E-state index contributed by atoms with van der Waals surface area (Å²) in [6, 6.07) is 16.7. The van der Waals surface area contributed by atoms with Crippen molar-refractivity contribution in [2.24, 2.45) is 4.99 Å². The highest BCUT2D eigenvalue weighted by molar-refractivity contribution is 6.09. The van der Waals surface area contributed by atoms with Gasteiger partial charge in [-0.2, -0.15) is 0 Å². The number of fused-ring (bicyclic) bond motifs is 1. The summed E-state index contributed by atoms with van der Waals surface area (Å²) < 4.78 is 11.1. The molecule has 0 spiro atoms. The van der Waals surface area contributed by atoms with E-state index >= 15 is 0 Å². The Balaban J connectivity index is 1.64. The van der Waals surface area contributed by atoms with E-state index in [2.05, 4.69) is 10.3 Å². The van der Waals surface area contributed by atoms with E-state index < -0.39 is 0 Å². The lowest BCUT2D eigenvalue weighted by atomic mass is 10.1. The van der Waals surface area contributed by atoms with Crippen molar-refractivity contribution in [3.63, 3.8) is 0 Å². The van der Waals surface area contributed by atoms with Gasteiger partial charge in [0.15, 0.2) is 5.76 Å². The zero-order valence-electron chi connectivity index (χ0n) is 12.3. The minimum Gasteiger partial charge on any atom is -0.475 e. The fourth-order valence-corrected chi connectivity index (χ4v) is 2.55. The van der Waals surface area contributed by atoms with Gasteiger partial charge in [-0.05, 0) is 24.3 Å². The number of benzene rings is 2. The Morgan fingerprint density at radius 3 is 2.74 bits per heavy atom. The van der Waals surface area contributed by atoms with Gasteiger partial charge in [-0.25, -0.2) is 4.99 Å². The first-order valence-corrected chi connectivity index (χ1v) is 7.38. The minimum atomic E-state index is -0.299. The first-order chi connectivity index (χ1) is 11.3. The maximum absolute atomic E-state index is 12.5. The number of aliphatic imine (C=N–C) groups is 1. The van der Waals surface area contributed by atoms with Gasteiger partial charge in [-0.3, -0.25) is 4.79 Å². The molecule has 23 heavy (non-hydrogen) atoms. The van der Waals surface area contributed by atoms with Crippen LogP contribution in [0.1, 0.15) is 16.1 Å². The van der Waals surface area contributed by atoms with Crippen LogP contribution in [-0.4, -0.2) is 25.0 Å². The Labute approximate surface area is 132 Å². The van der Waals surface area contributed by atoms with Crippen molar-refractivity contribution in [3.8, 4) is 0 Å². The number of carbonyl (C=O) groups excluding carboxylic acids is 1. The second-order valence-electron chi connectivity index (χ2n) is 5.18. The van der Waals surface area contributed by atoms with Crippen molar-refractivity contribution in [2.75, 3.05) is 18.5 Å². The van der Waals surface area contributed by atoms with Crippen LogP contribution in [0.3, 0.4) is 0 Å². The van der Waals surface area contributed by atoms with Gasteiger partial charge in [0.1, 0.15) is 12.2 Å². The van der Waals surface area contributed by atoms with Crippen molar-refractivity contribution >= 4 is 28.5 Å². The van der Waals surface area contributed by atoms with E-state index in [0.29, 0.717) is 30.3 Å². The fraction of sp³-hybridized carbons (Fsp3) is 0.111. The molecule has 0 aliphatic carbocycles. The SMILES string of the molecule is O=C(Nc1ccccc1C1=NCCO1)c1cc2ccccc2o1. The molecule has 4 rings (SSSR count). The number of para-hydroxylation sites is 2. The maximum Gasteiger partial charge on any atom is 0.291 e. The number of anilines is 1. The molecular weight excluding hydrogens is 292 g/mol. The van der Waals surface area contributed by atoms with Crippen LogP contribution in [0.2, 0.25) is 0 Å². The third-order valence-electron chi connectivity index (χ3n) is 3.64. The summed E-state index contributed by atoms with van der Waals surface area (Å²) in [6.07, 6.45) is 0. The van der Waals surface area contributed by atoms with Crippen LogP contribution in [-0.2, 0) is 4.74 Å². The third kappa shape index (κ3) is 2.57. The van der Waals surface area contributed by atoms with Gasteiger partial charge in [0, 0.05) is 5.39 Å². The van der Waals surface area contributed by atoms with E-state index in [1.165, 1.54) is 0 Å². The van der Waals surface area contributed by atoms with E-state index in [1.807, 2.05) is 48.5 Å². The highest BCUT2D eigenvalue weighted by Crippen LogP contribution is 2.22. The zero-order valence-corrected chi connectivity index (χ0v) is 12.3. The second-order valence-corrected chi connectivity index (χ2v) is 5.18.